The molecule has 273 valence electrons. The second-order valence-electron chi connectivity index (χ2n) is 14.0. The zero-order chi connectivity index (χ0) is 35.7. The van der Waals surface area contributed by atoms with E-state index in [1.54, 1.807) is 4.90 Å². The van der Waals surface area contributed by atoms with Crippen molar-refractivity contribution in [2.75, 3.05) is 26.2 Å². The summed E-state index contributed by atoms with van der Waals surface area (Å²) in [6, 6.07) is -3.61. The monoisotopic (exact) mass is 713 g/mol. The molecule has 0 aromatic carbocycles. The Morgan fingerprint density at radius 3 is 2.17 bits per heavy atom. The van der Waals surface area contributed by atoms with E-state index in [0.29, 0.717) is 51.7 Å². The van der Waals surface area contributed by atoms with Crippen LogP contribution >= 0.6 is 0 Å². The van der Waals surface area contributed by atoms with E-state index >= 15 is 0 Å². The van der Waals surface area contributed by atoms with Crippen molar-refractivity contribution in [3.63, 3.8) is 0 Å². The van der Waals surface area contributed by atoms with Crippen molar-refractivity contribution < 1.29 is 47.3 Å². The molecule has 4 N–H and O–H groups in total. The number of carbonyl (C=O) groups excluding carboxylic acids is 6. The largest absolute Gasteiger partial charge is 0.346 e. The minimum absolute atomic E-state index is 0. The molecule has 2 saturated heterocycles. The van der Waals surface area contributed by atoms with Crippen LogP contribution in [0, 0.1) is 11.3 Å². The molecule has 1 unspecified atom stereocenters. The van der Waals surface area contributed by atoms with Crippen molar-refractivity contribution in [1.82, 2.24) is 31.1 Å². The van der Waals surface area contributed by atoms with Crippen LogP contribution < -0.4 is 21.3 Å². The fourth-order valence-corrected chi connectivity index (χ4v) is 5.53. The fourth-order valence-electron chi connectivity index (χ4n) is 5.53. The van der Waals surface area contributed by atoms with Gasteiger partial charge in [-0.3, -0.25) is 24.0 Å². The number of rotatable bonds is 15. The predicted molar refractivity (Wildman–Crippen MR) is 184 cm³/mol. The van der Waals surface area contributed by atoms with E-state index in [0.717, 1.165) is 19.3 Å². The van der Waals surface area contributed by atoms with Crippen molar-refractivity contribution in [1.29, 1.82) is 0 Å². The first kappa shape index (κ1) is 45.1. The summed E-state index contributed by atoms with van der Waals surface area (Å²) in [6.07, 6.45) is 7.73. The van der Waals surface area contributed by atoms with Gasteiger partial charge in [-0.25, -0.2) is 4.79 Å². The number of urea groups is 1. The fraction of sp³-hybridized carbons (Fsp3) is 0.771. The van der Waals surface area contributed by atoms with E-state index in [1.807, 2.05) is 41.5 Å². The van der Waals surface area contributed by atoms with Gasteiger partial charge in [0.05, 0.1) is 12.1 Å². The number of nitrogens with one attached hydrogen (secondary N) is 4. The zero-order valence-corrected chi connectivity index (χ0v) is 32.1. The number of piperidine rings is 1. The molecule has 2 rings (SSSR count). The van der Waals surface area contributed by atoms with E-state index in [1.165, 1.54) is 17.4 Å². The van der Waals surface area contributed by atoms with Crippen molar-refractivity contribution in [3.8, 4) is 0 Å². The number of hydrogen-bond acceptors (Lipinski definition) is 6. The summed E-state index contributed by atoms with van der Waals surface area (Å²) in [4.78, 5) is 81.5. The first-order chi connectivity index (χ1) is 22.1. The van der Waals surface area contributed by atoms with Gasteiger partial charge in [0.1, 0.15) is 12.1 Å². The average Bonchev–Trinajstić information content (AvgIpc) is 3.51. The van der Waals surface area contributed by atoms with Gasteiger partial charge in [0.25, 0.3) is 5.91 Å². The number of nitrogens with zero attached hydrogens (tertiary/aromatic N) is 2. The molecule has 6 amide bonds. The van der Waals surface area contributed by atoms with Crippen molar-refractivity contribution >= 4 is 35.4 Å². The summed E-state index contributed by atoms with van der Waals surface area (Å²) in [5.74, 6) is -2.28. The van der Waals surface area contributed by atoms with Gasteiger partial charge in [-0.15, -0.1) is 6.58 Å². The molecule has 48 heavy (non-hydrogen) atoms. The molecule has 0 saturated carbocycles. The van der Waals surface area contributed by atoms with E-state index in [2.05, 4.69) is 41.7 Å². The molecular weight excluding hydrogens is 651 g/mol. The van der Waals surface area contributed by atoms with Crippen LogP contribution in [0.15, 0.2) is 12.7 Å². The summed E-state index contributed by atoms with van der Waals surface area (Å²) >= 11 is 0. The van der Waals surface area contributed by atoms with E-state index < -0.39 is 53.1 Å². The van der Waals surface area contributed by atoms with Crippen LogP contribution in [0.3, 0.4) is 0 Å². The Kier molecular flexibility index (Phi) is 21.4. The maximum absolute atomic E-state index is 14.0. The van der Waals surface area contributed by atoms with Crippen molar-refractivity contribution in [2.24, 2.45) is 11.3 Å². The van der Waals surface area contributed by atoms with Crippen LogP contribution in [0.5, 0.6) is 0 Å². The summed E-state index contributed by atoms with van der Waals surface area (Å²) < 4.78 is 0. The second kappa shape index (κ2) is 22.7. The van der Waals surface area contributed by atoms with Gasteiger partial charge in [0.2, 0.25) is 23.5 Å². The van der Waals surface area contributed by atoms with Gasteiger partial charge in [0.15, 0.2) is 0 Å². The van der Waals surface area contributed by atoms with Gasteiger partial charge >= 0.3 is 6.03 Å². The smallest absolute Gasteiger partial charge is 0.315 e. The summed E-state index contributed by atoms with van der Waals surface area (Å²) in [6.45, 7) is 20.7. The maximum atomic E-state index is 14.0. The van der Waals surface area contributed by atoms with Crippen molar-refractivity contribution in [3.05, 3.63) is 12.7 Å². The quantitative estimate of drug-likeness (QED) is 0.150. The number of likely N-dealkylation sites (tertiary alicyclic amines) is 2. The molecule has 0 spiro atoms. The third-order valence-corrected chi connectivity index (χ3v) is 8.30. The van der Waals surface area contributed by atoms with Gasteiger partial charge in [0, 0.05) is 51.2 Å². The Morgan fingerprint density at radius 2 is 1.62 bits per heavy atom. The summed E-state index contributed by atoms with van der Waals surface area (Å²) in [5.41, 5.74) is -0.683. The number of ketones is 1. The normalized spacial score (nSPS) is 17.9. The van der Waals surface area contributed by atoms with Crippen LogP contribution in [0.2, 0.25) is 0 Å². The second-order valence-corrected chi connectivity index (χ2v) is 14.0. The zero-order valence-electron chi connectivity index (χ0n) is 30.7. The van der Waals surface area contributed by atoms with Gasteiger partial charge in [-0.1, -0.05) is 80.7 Å². The Hall–Kier alpha value is -2.86. The standard InChI is InChI=1S/C32H54N6O6.C3H8.V/c1-8-10-14-22(26(40)29(42)33-17-9-2)34-28(41)24-15-13-19-38(24)30(43)27(32(5,6)7)36-31(44)35-23(21(3)4)20-37-18-12-11-16-25(37)39;1-3-2;/h9,21-24,27H,2,8,10-20H2,1,3-7H3,(H,33,42)(H,34,41)(H2,35,36,44);3H2,1-2H3;/t22?,23-,24+,27-;;/m1../s1. The molecule has 2 aliphatic rings. The minimum Gasteiger partial charge on any atom is -0.346 e. The average molecular weight is 714 g/mol. The minimum atomic E-state index is -1.01. The number of Topliss-reactive ketones (excluding diaryl/α,β-unsaturated/α-hetero) is 1. The number of carbonyl (C=O) groups is 6. The number of unbranched alkanes of at least 4 members (excludes halogenated alkanes) is 1. The van der Waals surface area contributed by atoms with Crippen LogP contribution in [0.25, 0.3) is 0 Å². The van der Waals surface area contributed by atoms with Gasteiger partial charge < -0.3 is 31.1 Å². The summed E-state index contributed by atoms with van der Waals surface area (Å²) in [5, 5.41) is 11.0. The van der Waals surface area contributed by atoms with Crippen LogP contribution in [0.4, 0.5) is 4.79 Å². The Morgan fingerprint density at radius 1 is 0.979 bits per heavy atom. The molecule has 0 aliphatic carbocycles. The molecule has 4 atom stereocenters. The number of amides is 6. The van der Waals surface area contributed by atoms with Gasteiger partial charge in [-0.2, -0.15) is 0 Å². The SMILES string of the molecule is C=CCNC(=O)C(=O)C(CCCC)NC(=O)[C@@H]1CCCN1C(=O)[C@@H](NC(=O)N[C@H](CN1CCCCC1=O)C(C)C)C(C)(C)C.CCC.[V]. The topological polar surface area (TPSA) is 157 Å². The molecule has 13 heteroatoms. The molecule has 12 nitrogen and oxygen atoms in total. The third-order valence-electron chi connectivity index (χ3n) is 8.30. The number of hydrogen-bond donors (Lipinski definition) is 4. The molecular formula is C35H62N6O6V. The van der Waals surface area contributed by atoms with Crippen LogP contribution in [0.1, 0.15) is 113 Å². The molecule has 2 fully saturated rings. The van der Waals surface area contributed by atoms with Crippen LogP contribution in [-0.4, -0.2) is 95.6 Å². The van der Waals surface area contributed by atoms with Gasteiger partial charge in [-0.05, 0) is 43.4 Å². The van der Waals surface area contributed by atoms with E-state index in [-0.39, 0.29) is 43.0 Å². The molecule has 2 heterocycles. The van der Waals surface area contributed by atoms with Crippen LogP contribution in [-0.2, 0) is 42.5 Å². The third kappa shape index (κ3) is 14.7. The molecule has 0 aromatic heterocycles. The molecule has 0 bridgehead atoms. The Bertz CT molecular complexity index is 1080. The Labute approximate surface area is 300 Å². The predicted octanol–water partition coefficient (Wildman–Crippen LogP) is 3.69. The summed E-state index contributed by atoms with van der Waals surface area (Å²) in [7, 11) is 0. The maximum Gasteiger partial charge on any atom is 0.315 e. The molecule has 2 aliphatic heterocycles. The van der Waals surface area contributed by atoms with E-state index in [4.69, 9.17) is 0 Å². The first-order valence-corrected chi connectivity index (χ1v) is 17.5. The first-order valence-electron chi connectivity index (χ1n) is 17.5. The van der Waals surface area contributed by atoms with Crippen molar-refractivity contribution in [2.45, 2.75) is 137 Å². The molecule has 0 aromatic rings. The van der Waals surface area contributed by atoms with E-state index in [9.17, 15) is 28.8 Å². The molecule has 1 radical (unpaired) electrons. The Balaban J connectivity index is 0.00000531.